The van der Waals surface area contributed by atoms with Crippen LogP contribution in [0.5, 0.6) is 0 Å². The summed E-state index contributed by atoms with van der Waals surface area (Å²) in [6.45, 7) is 5.82. The summed E-state index contributed by atoms with van der Waals surface area (Å²) in [6, 6.07) is 6.88. The molecule has 0 bridgehead atoms. The lowest BCUT2D eigenvalue weighted by atomic mass is 10.1. The molecule has 0 atom stereocenters. The summed E-state index contributed by atoms with van der Waals surface area (Å²) < 4.78 is 10.3. The van der Waals surface area contributed by atoms with E-state index in [2.05, 4.69) is 5.16 Å². The molecule has 1 heterocycles. The van der Waals surface area contributed by atoms with Crippen molar-refractivity contribution in [3.05, 3.63) is 40.6 Å². The van der Waals surface area contributed by atoms with Crippen molar-refractivity contribution in [2.24, 2.45) is 0 Å². The highest BCUT2D eigenvalue weighted by atomic mass is 35.5. The molecule has 0 fully saturated rings. The van der Waals surface area contributed by atoms with E-state index >= 15 is 0 Å². The number of carbonyl (C=O) groups excluding carboxylic acids is 3. The fourth-order valence-corrected chi connectivity index (χ4v) is 2.95. The Balaban J connectivity index is 2.05. The molecule has 1 aromatic heterocycles. The molecular weight excluding hydrogens is 398 g/mol. The predicted molar refractivity (Wildman–Crippen MR) is 108 cm³/mol. The number of aryl methyl sites for hydroxylation is 1. The summed E-state index contributed by atoms with van der Waals surface area (Å²) in [5.74, 6) is -1.17. The van der Waals surface area contributed by atoms with E-state index in [1.165, 1.54) is 11.9 Å². The van der Waals surface area contributed by atoms with Crippen LogP contribution in [-0.2, 0) is 14.3 Å². The molecule has 2 aromatic rings. The van der Waals surface area contributed by atoms with Gasteiger partial charge in [0.15, 0.2) is 6.61 Å². The van der Waals surface area contributed by atoms with Gasteiger partial charge < -0.3 is 19.1 Å². The molecule has 8 nitrogen and oxygen atoms in total. The van der Waals surface area contributed by atoms with Crippen molar-refractivity contribution in [2.45, 2.75) is 20.8 Å². The lowest BCUT2D eigenvalue weighted by Gasteiger charge is -2.23. The number of rotatable bonds is 8. The Morgan fingerprint density at radius 3 is 2.41 bits per heavy atom. The monoisotopic (exact) mass is 421 g/mol. The number of halogens is 1. The molecule has 0 aliphatic heterocycles. The number of esters is 1. The fraction of sp³-hybridized carbons (Fsp3) is 0.400. The molecule has 0 N–H and O–H groups in total. The normalized spacial score (nSPS) is 10.5. The molecule has 2 rings (SSSR count). The number of carbonyl (C=O) groups is 3. The van der Waals surface area contributed by atoms with Crippen LogP contribution in [0.25, 0.3) is 11.3 Å². The Morgan fingerprint density at radius 2 is 1.79 bits per heavy atom. The van der Waals surface area contributed by atoms with Gasteiger partial charge in [0.25, 0.3) is 5.91 Å². The first-order valence-corrected chi connectivity index (χ1v) is 9.57. The molecule has 156 valence electrons. The highest BCUT2D eigenvalue weighted by Crippen LogP contribution is 2.31. The fourth-order valence-electron chi connectivity index (χ4n) is 2.73. The maximum absolute atomic E-state index is 12.6. The highest BCUT2D eigenvalue weighted by molar-refractivity contribution is 6.33. The number of aromatic nitrogens is 1. The van der Waals surface area contributed by atoms with Crippen molar-refractivity contribution in [1.82, 2.24) is 15.0 Å². The standard InChI is InChI=1S/C20H24ClN3O5/c1-5-24(6-2)16(25)11-23(4)17(26)12-28-20(27)18-13(3)29-22-19(18)14-9-7-8-10-15(14)21/h7-10H,5-6,11-12H2,1-4H3. The van der Waals surface area contributed by atoms with E-state index in [1.54, 1.807) is 36.1 Å². The minimum absolute atomic E-state index is 0.0881. The van der Waals surface area contributed by atoms with Crippen LogP contribution in [0.15, 0.2) is 28.8 Å². The average molecular weight is 422 g/mol. The quantitative estimate of drug-likeness (QED) is 0.608. The molecule has 1 aromatic carbocycles. The van der Waals surface area contributed by atoms with Crippen molar-refractivity contribution in [2.75, 3.05) is 33.3 Å². The first-order valence-electron chi connectivity index (χ1n) is 9.20. The van der Waals surface area contributed by atoms with Crippen molar-refractivity contribution in [3.8, 4) is 11.3 Å². The highest BCUT2D eigenvalue weighted by Gasteiger charge is 2.25. The molecule has 0 aliphatic carbocycles. The van der Waals surface area contributed by atoms with Gasteiger partial charge in [0, 0.05) is 25.7 Å². The minimum atomic E-state index is -0.754. The summed E-state index contributed by atoms with van der Waals surface area (Å²) in [6.07, 6.45) is 0. The molecule has 0 spiro atoms. The van der Waals surface area contributed by atoms with Crippen LogP contribution < -0.4 is 0 Å². The zero-order chi connectivity index (χ0) is 21.6. The Labute approximate surface area is 174 Å². The van der Waals surface area contributed by atoms with Crippen LogP contribution in [0.4, 0.5) is 0 Å². The smallest absolute Gasteiger partial charge is 0.344 e. The number of benzene rings is 1. The van der Waals surface area contributed by atoms with E-state index in [-0.39, 0.29) is 29.5 Å². The van der Waals surface area contributed by atoms with Crippen LogP contribution in [0.2, 0.25) is 5.02 Å². The van der Waals surface area contributed by atoms with Crippen LogP contribution in [-0.4, -0.2) is 66.0 Å². The number of likely N-dealkylation sites (N-methyl/N-ethyl adjacent to an activating group) is 2. The Hall–Kier alpha value is -2.87. The van der Waals surface area contributed by atoms with Gasteiger partial charge in [0.1, 0.15) is 17.0 Å². The van der Waals surface area contributed by atoms with Gasteiger partial charge >= 0.3 is 5.97 Å². The predicted octanol–water partition coefficient (Wildman–Crippen LogP) is 2.79. The maximum Gasteiger partial charge on any atom is 0.344 e. The van der Waals surface area contributed by atoms with E-state index in [4.69, 9.17) is 20.9 Å². The lowest BCUT2D eigenvalue weighted by molar-refractivity contribution is -0.140. The van der Waals surface area contributed by atoms with Gasteiger partial charge in [0.05, 0.1) is 11.6 Å². The third kappa shape index (κ3) is 5.35. The number of ether oxygens (including phenoxy) is 1. The zero-order valence-electron chi connectivity index (χ0n) is 16.9. The largest absolute Gasteiger partial charge is 0.452 e. The van der Waals surface area contributed by atoms with Crippen LogP contribution >= 0.6 is 11.6 Å². The second-order valence-corrected chi connectivity index (χ2v) is 6.74. The van der Waals surface area contributed by atoms with Crippen molar-refractivity contribution in [1.29, 1.82) is 0 Å². The number of amides is 2. The third-order valence-corrected chi connectivity index (χ3v) is 4.77. The summed E-state index contributed by atoms with van der Waals surface area (Å²) in [5.41, 5.74) is 0.870. The molecular formula is C20H24ClN3O5. The SMILES string of the molecule is CCN(CC)C(=O)CN(C)C(=O)COC(=O)c1c(-c2ccccc2Cl)noc1C. The van der Waals surface area contributed by atoms with Crippen LogP contribution in [0.1, 0.15) is 30.0 Å². The lowest BCUT2D eigenvalue weighted by Crippen LogP contribution is -2.42. The number of hydrogen-bond acceptors (Lipinski definition) is 6. The van der Waals surface area contributed by atoms with Gasteiger partial charge in [-0.1, -0.05) is 35.0 Å². The van der Waals surface area contributed by atoms with Gasteiger partial charge in [-0.05, 0) is 26.8 Å². The van der Waals surface area contributed by atoms with Crippen molar-refractivity contribution < 1.29 is 23.6 Å². The zero-order valence-corrected chi connectivity index (χ0v) is 17.7. The van der Waals surface area contributed by atoms with E-state index in [9.17, 15) is 14.4 Å². The summed E-state index contributed by atoms with van der Waals surface area (Å²) in [4.78, 5) is 39.8. The molecule has 0 aliphatic rings. The van der Waals surface area contributed by atoms with Gasteiger partial charge in [-0.3, -0.25) is 9.59 Å². The molecule has 29 heavy (non-hydrogen) atoms. The topological polar surface area (TPSA) is 93.0 Å². The summed E-state index contributed by atoms with van der Waals surface area (Å²) >= 11 is 6.18. The van der Waals surface area contributed by atoms with Gasteiger partial charge in [-0.2, -0.15) is 0 Å². The summed E-state index contributed by atoms with van der Waals surface area (Å²) in [7, 11) is 1.48. The van der Waals surface area contributed by atoms with E-state index in [1.807, 2.05) is 13.8 Å². The van der Waals surface area contributed by atoms with Crippen molar-refractivity contribution in [3.63, 3.8) is 0 Å². The van der Waals surface area contributed by atoms with E-state index < -0.39 is 18.5 Å². The molecule has 0 radical (unpaired) electrons. The molecule has 2 amide bonds. The van der Waals surface area contributed by atoms with Crippen molar-refractivity contribution >= 4 is 29.4 Å². The van der Waals surface area contributed by atoms with Crippen LogP contribution in [0.3, 0.4) is 0 Å². The Bertz CT molecular complexity index is 892. The summed E-state index contributed by atoms with van der Waals surface area (Å²) in [5, 5.41) is 4.31. The number of nitrogens with zero attached hydrogens (tertiary/aromatic N) is 3. The molecule has 0 unspecified atom stereocenters. The van der Waals surface area contributed by atoms with Gasteiger partial charge in [0.2, 0.25) is 5.91 Å². The number of hydrogen-bond donors (Lipinski definition) is 0. The first kappa shape index (κ1) is 22.4. The molecule has 0 saturated carbocycles. The Morgan fingerprint density at radius 1 is 1.14 bits per heavy atom. The first-order chi connectivity index (χ1) is 13.8. The van der Waals surface area contributed by atoms with Gasteiger partial charge in [-0.25, -0.2) is 4.79 Å². The van der Waals surface area contributed by atoms with E-state index in [0.29, 0.717) is 23.7 Å². The Kier molecular flexibility index (Phi) is 7.78. The van der Waals surface area contributed by atoms with Crippen LogP contribution in [0, 0.1) is 6.92 Å². The maximum atomic E-state index is 12.6. The second-order valence-electron chi connectivity index (χ2n) is 6.33. The van der Waals surface area contributed by atoms with E-state index in [0.717, 1.165) is 0 Å². The third-order valence-electron chi connectivity index (χ3n) is 4.44. The molecule has 9 heteroatoms. The van der Waals surface area contributed by atoms with Gasteiger partial charge in [-0.15, -0.1) is 0 Å². The minimum Gasteiger partial charge on any atom is -0.452 e. The average Bonchev–Trinajstić information content (AvgIpc) is 3.08. The molecule has 0 saturated heterocycles. The second kappa shape index (κ2) is 10.1.